The SMILES string of the molecule is CCCC(C)Oc1c(C)cc(CBr)cc1C. The molecule has 1 rings (SSSR count). The quantitative estimate of drug-likeness (QED) is 0.708. The topological polar surface area (TPSA) is 9.23 Å². The first-order valence-corrected chi connectivity index (χ1v) is 7.03. The van der Waals surface area contributed by atoms with Crippen molar-refractivity contribution in [2.75, 3.05) is 0 Å². The average Bonchev–Trinajstić information content (AvgIpc) is 2.23. The summed E-state index contributed by atoms with van der Waals surface area (Å²) in [6, 6.07) is 4.38. The standard InChI is InChI=1S/C14H21BrO/c1-5-6-12(4)16-14-10(2)7-13(9-15)8-11(14)3/h7-8,12H,5-6,9H2,1-4H3. The van der Waals surface area contributed by atoms with Gasteiger partial charge in [0, 0.05) is 5.33 Å². The van der Waals surface area contributed by atoms with Crippen molar-refractivity contribution in [2.45, 2.75) is 52.0 Å². The van der Waals surface area contributed by atoms with E-state index in [0.29, 0.717) is 6.10 Å². The van der Waals surface area contributed by atoms with Crippen LogP contribution < -0.4 is 4.74 Å². The van der Waals surface area contributed by atoms with Gasteiger partial charge < -0.3 is 4.74 Å². The molecule has 0 aliphatic heterocycles. The highest BCUT2D eigenvalue weighted by Crippen LogP contribution is 2.27. The Hall–Kier alpha value is -0.500. The van der Waals surface area contributed by atoms with Gasteiger partial charge >= 0.3 is 0 Å². The molecule has 16 heavy (non-hydrogen) atoms. The second-order valence-corrected chi connectivity index (χ2v) is 4.97. The van der Waals surface area contributed by atoms with Crippen molar-refractivity contribution in [3.05, 3.63) is 28.8 Å². The van der Waals surface area contributed by atoms with Crippen LogP contribution >= 0.6 is 15.9 Å². The molecule has 0 bridgehead atoms. The summed E-state index contributed by atoms with van der Waals surface area (Å²) in [5, 5.41) is 0.902. The van der Waals surface area contributed by atoms with Crippen LogP contribution in [0.1, 0.15) is 43.4 Å². The van der Waals surface area contributed by atoms with Crippen molar-refractivity contribution in [2.24, 2.45) is 0 Å². The highest BCUT2D eigenvalue weighted by molar-refractivity contribution is 9.08. The number of alkyl halides is 1. The minimum Gasteiger partial charge on any atom is -0.490 e. The molecule has 0 N–H and O–H groups in total. The lowest BCUT2D eigenvalue weighted by molar-refractivity contribution is 0.207. The van der Waals surface area contributed by atoms with Crippen LogP contribution in [0.15, 0.2) is 12.1 Å². The van der Waals surface area contributed by atoms with Gasteiger partial charge in [0.05, 0.1) is 6.10 Å². The number of halogens is 1. The molecule has 0 heterocycles. The van der Waals surface area contributed by atoms with Crippen LogP contribution in [0.5, 0.6) is 5.75 Å². The Morgan fingerprint density at radius 3 is 2.25 bits per heavy atom. The lowest BCUT2D eigenvalue weighted by atomic mass is 10.1. The molecular formula is C14H21BrO. The molecular weight excluding hydrogens is 264 g/mol. The highest BCUT2D eigenvalue weighted by atomic mass is 79.9. The molecule has 1 aromatic rings. The molecule has 0 saturated heterocycles. The van der Waals surface area contributed by atoms with Crippen molar-refractivity contribution in [3.63, 3.8) is 0 Å². The van der Waals surface area contributed by atoms with E-state index in [4.69, 9.17) is 4.74 Å². The molecule has 1 nitrogen and oxygen atoms in total. The number of rotatable bonds is 5. The molecule has 0 amide bonds. The van der Waals surface area contributed by atoms with Gasteiger partial charge in [-0.1, -0.05) is 41.4 Å². The summed E-state index contributed by atoms with van der Waals surface area (Å²) in [4.78, 5) is 0. The van der Waals surface area contributed by atoms with E-state index in [1.54, 1.807) is 0 Å². The van der Waals surface area contributed by atoms with Crippen LogP contribution in [0.4, 0.5) is 0 Å². The van der Waals surface area contributed by atoms with E-state index < -0.39 is 0 Å². The Labute approximate surface area is 107 Å². The van der Waals surface area contributed by atoms with Gasteiger partial charge in [0.25, 0.3) is 0 Å². The fourth-order valence-electron chi connectivity index (χ4n) is 1.97. The van der Waals surface area contributed by atoms with E-state index in [-0.39, 0.29) is 0 Å². The lowest BCUT2D eigenvalue weighted by Crippen LogP contribution is -2.12. The number of benzene rings is 1. The van der Waals surface area contributed by atoms with Crippen LogP contribution in [-0.2, 0) is 5.33 Å². The largest absolute Gasteiger partial charge is 0.490 e. The minimum atomic E-state index is 0.303. The Bertz CT molecular complexity index is 324. The Kier molecular flexibility index (Phi) is 5.33. The summed E-state index contributed by atoms with van der Waals surface area (Å²) in [5.74, 6) is 1.06. The summed E-state index contributed by atoms with van der Waals surface area (Å²) < 4.78 is 6.00. The van der Waals surface area contributed by atoms with Crippen LogP contribution in [-0.4, -0.2) is 6.10 Å². The van der Waals surface area contributed by atoms with Crippen molar-refractivity contribution in [1.29, 1.82) is 0 Å². The van der Waals surface area contributed by atoms with Crippen molar-refractivity contribution < 1.29 is 4.74 Å². The molecule has 0 spiro atoms. The van der Waals surface area contributed by atoms with Crippen LogP contribution in [0, 0.1) is 13.8 Å². The molecule has 1 atom stereocenters. The number of ether oxygens (including phenoxy) is 1. The third kappa shape index (κ3) is 3.51. The van der Waals surface area contributed by atoms with Gasteiger partial charge in [-0.05, 0) is 43.9 Å². The number of aryl methyl sites for hydroxylation is 2. The van der Waals surface area contributed by atoms with Crippen molar-refractivity contribution in [3.8, 4) is 5.75 Å². The van der Waals surface area contributed by atoms with Crippen molar-refractivity contribution >= 4 is 15.9 Å². The molecule has 0 aromatic heterocycles. The highest BCUT2D eigenvalue weighted by Gasteiger charge is 2.09. The number of hydrogen-bond donors (Lipinski definition) is 0. The lowest BCUT2D eigenvalue weighted by Gasteiger charge is -2.18. The molecule has 0 aliphatic rings. The van der Waals surface area contributed by atoms with E-state index in [2.05, 4.69) is 55.8 Å². The van der Waals surface area contributed by atoms with Crippen LogP contribution in [0.3, 0.4) is 0 Å². The summed E-state index contributed by atoms with van der Waals surface area (Å²) in [7, 11) is 0. The van der Waals surface area contributed by atoms with Crippen molar-refractivity contribution in [1.82, 2.24) is 0 Å². The summed E-state index contributed by atoms with van der Waals surface area (Å²) in [6.45, 7) is 8.56. The molecule has 2 heteroatoms. The minimum absolute atomic E-state index is 0.303. The summed E-state index contributed by atoms with van der Waals surface area (Å²) in [5.41, 5.74) is 3.78. The maximum atomic E-state index is 6.00. The van der Waals surface area contributed by atoms with E-state index in [9.17, 15) is 0 Å². The first-order valence-electron chi connectivity index (χ1n) is 5.91. The summed E-state index contributed by atoms with van der Waals surface area (Å²) >= 11 is 3.49. The van der Waals surface area contributed by atoms with Gasteiger partial charge in [-0.25, -0.2) is 0 Å². The smallest absolute Gasteiger partial charge is 0.125 e. The van der Waals surface area contributed by atoms with E-state index in [1.807, 2.05) is 0 Å². The molecule has 0 saturated carbocycles. The van der Waals surface area contributed by atoms with Crippen LogP contribution in [0.2, 0.25) is 0 Å². The Morgan fingerprint density at radius 2 is 1.81 bits per heavy atom. The molecule has 0 fully saturated rings. The molecule has 1 aromatic carbocycles. The van der Waals surface area contributed by atoms with Crippen LogP contribution in [0.25, 0.3) is 0 Å². The van der Waals surface area contributed by atoms with Gasteiger partial charge in [-0.3, -0.25) is 0 Å². The first kappa shape index (κ1) is 13.6. The molecule has 0 aliphatic carbocycles. The van der Waals surface area contributed by atoms with Gasteiger partial charge in [0.15, 0.2) is 0 Å². The average molecular weight is 285 g/mol. The third-order valence-corrected chi connectivity index (χ3v) is 3.34. The maximum Gasteiger partial charge on any atom is 0.125 e. The summed E-state index contributed by atoms with van der Waals surface area (Å²) in [6.07, 6.45) is 2.58. The normalized spacial score (nSPS) is 12.6. The first-order chi connectivity index (χ1) is 7.58. The zero-order chi connectivity index (χ0) is 12.1. The number of hydrogen-bond acceptors (Lipinski definition) is 1. The van der Waals surface area contributed by atoms with Gasteiger partial charge in [-0.15, -0.1) is 0 Å². The van der Waals surface area contributed by atoms with E-state index >= 15 is 0 Å². The zero-order valence-corrected chi connectivity index (χ0v) is 12.2. The van der Waals surface area contributed by atoms with E-state index in [1.165, 1.54) is 23.1 Å². The fraction of sp³-hybridized carbons (Fsp3) is 0.571. The monoisotopic (exact) mass is 284 g/mol. The zero-order valence-electron chi connectivity index (χ0n) is 10.6. The molecule has 1 unspecified atom stereocenters. The maximum absolute atomic E-state index is 6.00. The third-order valence-electron chi connectivity index (χ3n) is 2.69. The predicted octanol–water partition coefficient (Wildman–Crippen LogP) is 4.77. The van der Waals surface area contributed by atoms with E-state index in [0.717, 1.165) is 17.5 Å². The Morgan fingerprint density at radius 1 is 1.25 bits per heavy atom. The molecule has 90 valence electrons. The second-order valence-electron chi connectivity index (χ2n) is 4.41. The van der Waals surface area contributed by atoms with Gasteiger partial charge in [-0.2, -0.15) is 0 Å². The van der Waals surface area contributed by atoms with Gasteiger partial charge in [0.1, 0.15) is 5.75 Å². The second kappa shape index (κ2) is 6.29. The molecule has 0 radical (unpaired) electrons. The van der Waals surface area contributed by atoms with Gasteiger partial charge in [0.2, 0.25) is 0 Å². The fourth-order valence-corrected chi connectivity index (χ4v) is 2.29. The Balaban J connectivity index is 2.87. The predicted molar refractivity (Wildman–Crippen MR) is 73.5 cm³/mol.